The zero-order valence-corrected chi connectivity index (χ0v) is 12.3. The van der Waals surface area contributed by atoms with E-state index in [1.807, 2.05) is 19.1 Å². The molecule has 0 saturated heterocycles. The standard InChI is InChI=1S/C14H19Cl2NO/c1-3-4-10(2)17-14(18)8-6-11-5-7-12(15)13(16)9-11/h5,7,9-10H,3-4,6,8H2,1-2H3,(H,17,18)/t10-/m1/s1. The molecule has 0 fully saturated rings. The molecule has 4 heteroatoms. The van der Waals surface area contributed by atoms with Gasteiger partial charge in [-0.1, -0.05) is 42.6 Å². The highest BCUT2D eigenvalue weighted by molar-refractivity contribution is 6.42. The smallest absolute Gasteiger partial charge is 0.220 e. The fourth-order valence-corrected chi connectivity index (χ4v) is 2.13. The molecule has 0 radical (unpaired) electrons. The van der Waals surface area contributed by atoms with Crippen LogP contribution in [0.1, 0.15) is 38.7 Å². The summed E-state index contributed by atoms with van der Waals surface area (Å²) in [5, 5.41) is 4.06. The maximum Gasteiger partial charge on any atom is 0.220 e. The van der Waals surface area contributed by atoms with E-state index >= 15 is 0 Å². The second-order valence-corrected chi connectivity index (χ2v) is 5.32. The van der Waals surface area contributed by atoms with Crippen LogP contribution in [-0.4, -0.2) is 11.9 Å². The van der Waals surface area contributed by atoms with Crippen molar-refractivity contribution >= 4 is 29.1 Å². The van der Waals surface area contributed by atoms with Crippen LogP contribution in [0.3, 0.4) is 0 Å². The van der Waals surface area contributed by atoms with E-state index in [1.165, 1.54) is 0 Å². The largest absolute Gasteiger partial charge is 0.354 e. The Morgan fingerprint density at radius 1 is 1.33 bits per heavy atom. The van der Waals surface area contributed by atoms with Crippen LogP contribution in [0.15, 0.2) is 18.2 Å². The Balaban J connectivity index is 2.40. The van der Waals surface area contributed by atoms with E-state index in [9.17, 15) is 4.79 Å². The summed E-state index contributed by atoms with van der Waals surface area (Å²) in [5.41, 5.74) is 1.03. The van der Waals surface area contributed by atoms with Crippen molar-refractivity contribution in [2.75, 3.05) is 0 Å². The number of hydrogen-bond donors (Lipinski definition) is 1. The Kier molecular flexibility index (Phi) is 6.51. The van der Waals surface area contributed by atoms with Crippen molar-refractivity contribution in [3.8, 4) is 0 Å². The zero-order chi connectivity index (χ0) is 13.5. The summed E-state index contributed by atoms with van der Waals surface area (Å²) in [6.45, 7) is 4.14. The average molecular weight is 288 g/mol. The van der Waals surface area contributed by atoms with Crippen LogP contribution in [0, 0.1) is 0 Å². The number of benzene rings is 1. The number of halogens is 2. The van der Waals surface area contributed by atoms with Gasteiger partial charge in [-0.05, 0) is 37.5 Å². The summed E-state index contributed by atoms with van der Waals surface area (Å²) in [7, 11) is 0. The molecular weight excluding hydrogens is 269 g/mol. The van der Waals surface area contributed by atoms with E-state index in [0.29, 0.717) is 22.9 Å². The molecule has 0 aliphatic carbocycles. The van der Waals surface area contributed by atoms with Gasteiger partial charge in [-0.25, -0.2) is 0 Å². The molecule has 1 N–H and O–H groups in total. The molecule has 2 nitrogen and oxygen atoms in total. The molecular formula is C14H19Cl2NO. The SMILES string of the molecule is CCC[C@@H](C)NC(=O)CCc1ccc(Cl)c(Cl)c1. The number of hydrogen-bond acceptors (Lipinski definition) is 1. The molecule has 1 aromatic carbocycles. The van der Waals surface area contributed by atoms with Crippen molar-refractivity contribution in [1.82, 2.24) is 5.32 Å². The fourth-order valence-electron chi connectivity index (χ4n) is 1.81. The molecule has 0 spiro atoms. The van der Waals surface area contributed by atoms with Crippen LogP contribution >= 0.6 is 23.2 Å². The molecule has 18 heavy (non-hydrogen) atoms. The summed E-state index contributed by atoms with van der Waals surface area (Å²) in [6.07, 6.45) is 3.25. The van der Waals surface area contributed by atoms with Gasteiger partial charge in [-0.2, -0.15) is 0 Å². The van der Waals surface area contributed by atoms with E-state index in [-0.39, 0.29) is 11.9 Å². The Morgan fingerprint density at radius 3 is 2.67 bits per heavy atom. The van der Waals surface area contributed by atoms with Crippen molar-refractivity contribution in [3.05, 3.63) is 33.8 Å². The number of nitrogens with one attached hydrogen (secondary N) is 1. The molecule has 0 unspecified atom stereocenters. The Bertz CT molecular complexity index is 407. The van der Waals surface area contributed by atoms with Gasteiger partial charge < -0.3 is 5.32 Å². The summed E-state index contributed by atoms with van der Waals surface area (Å²) in [6, 6.07) is 5.72. The number of amides is 1. The average Bonchev–Trinajstić information content (AvgIpc) is 2.31. The predicted octanol–water partition coefficient (Wildman–Crippen LogP) is 4.23. The molecule has 0 saturated carbocycles. The van der Waals surface area contributed by atoms with E-state index in [4.69, 9.17) is 23.2 Å². The second kappa shape index (κ2) is 7.65. The van der Waals surface area contributed by atoms with Crippen molar-refractivity contribution in [2.45, 2.75) is 45.6 Å². The molecule has 0 aromatic heterocycles. The second-order valence-electron chi connectivity index (χ2n) is 4.51. The molecule has 1 amide bonds. The van der Waals surface area contributed by atoms with Crippen molar-refractivity contribution in [1.29, 1.82) is 0 Å². The monoisotopic (exact) mass is 287 g/mol. The lowest BCUT2D eigenvalue weighted by Crippen LogP contribution is -2.32. The molecule has 0 heterocycles. The molecule has 0 aliphatic heterocycles. The van der Waals surface area contributed by atoms with Crippen LogP contribution in [0.25, 0.3) is 0 Å². The molecule has 0 aliphatic rings. The lowest BCUT2D eigenvalue weighted by molar-refractivity contribution is -0.121. The van der Waals surface area contributed by atoms with Crippen LogP contribution in [0.5, 0.6) is 0 Å². The van der Waals surface area contributed by atoms with Gasteiger partial charge in [0, 0.05) is 12.5 Å². The number of rotatable bonds is 6. The first kappa shape index (κ1) is 15.3. The van der Waals surface area contributed by atoms with Crippen molar-refractivity contribution in [3.63, 3.8) is 0 Å². The summed E-state index contributed by atoms with van der Waals surface area (Å²) >= 11 is 11.8. The molecule has 1 aromatic rings. The van der Waals surface area contributed by atoms with Gasteiger partial charge in [0.2, 0.25) is 5.91 Å². The van der Waals surface area contributed by atoms with Crippen LogP contribution in [0.4, 0.5) is 0 Å². The topological polar surface area (TPSA) is 29.1 Å². The lowest BCUT2D eigenvalue weighted by atomic mass is 10.1. The highest BCUT2D eigenvalue weighted by Gasteiger charge is 2.07. The number of carbonyl (C=O) groups is 1. The van der Waals surface area contributed by atoms with E-state index < -0.39 is 0 Å². The molecule has 100 valence electrons. The first-order valence-corrected chi connectivity index (χ1v) is 7.01. The number of aryl methyl sites for hydroxylation is 1. The molecule has 1 atom stereocenters. The third-order valence-electron chi connectivity index (χ3n) is 2.75. The predicted molar refractivity (Wildman–Crippen MR) is 77.3 cm³/mol. The highest BCUT2D eigenvalue weighted by atomic mass is 35.5. The highest BCUT2D eigenvalue weighted by Crippen LogP contribution is 2.23. The fraction of sp³-hybridized carbons (Fsp3) is 0.500. The summed E-state index contributed by atoms with van der Waals surface area (Å²) in [4.78, 5) is 11.7. The maximum atomic E-state index is 11.7. The van der Waals surface area contributed by atoms with E-state index in [2.05, 4.69) is 12.2 Å². The lowest BCUT2D eigenvalue weighted by Gasteiger charge is -2.12. The zero-order valence-electron chi connectivity index (χ0n) is 10.8. The van der Waals surface area contributed by atoms with Crippen molar-refractivity contribution < 1.29 is 4.79 Å². The van der Waals surface area contributed by atoms with Gasteiger partial charge in [-0.3, -0.25) is 4.79 Å². The maximum absolute atomic E-state index is 11.7. The van der Waals surface area contributed by atoms with E-state index in [0.717, 1.165) is 18.4 Å². The molecule has 0 bridgehead atoms. The third kappa shape index (κ3) is 5.28. The number of carbonyl (C=O) groups excluding carboxylic acids is 1. The van der Waals surface area contributed by atoms with Crippen molar-refractivity contribution in [2.24, 2.45) is 0 Å². The first-order chi connectivity index (χ1) is 8.52. The quantitative estimate of drug-likeness (QED) is 0.833. The Morgan fingerprint density at radius 2 is 2.06 bits per heavy atom. The minimum absolute atomic E-state index is 0.0852. The van der Waals surface area contributed by atoms with E-state index in [1.54, 1.807) is 6.07 Å². The van der Waals surface area contributed by atoms with Gasteiger partial charge in [0.25, 0.3) is 0 Å². The summed E-state index contributed by atoms with van der Waals surface area (Å²) in [5.74, 6) is 0.0852. The van der Waals surface area contributed by atoms with Crippen LogP contribution in [-0.2, 0) is 11.2 Å². The van der Waals surface area contributed by atoms with Gasteiger partial charge in [0.1, 0.15) is 0 Å². The first-order valence-electron chi connectivity index (χ1n) is 6.26. The minimum atomic E-state index is 0.0852. The molecule has 1 rings (SSSR count). The van der Waals surface area contributed by atoms with Gasteiger partial charge in [0.15, 0.2) is 0 Å². The Labute approximate surface area is 119 Å². The minimum Gasteiger partial charge on any atom is -0.354 e. The van der Waals surface area contributed by atoms with Crippen LogP contribution < -0.4 is 5.32 Å². The van der Waals surface area contributed by atoms with Gasteiger partial charge in [-0.15, -0.1) is 0 Å². The Hall–Kier alpha value is -0.730. The van der Waals surface area contributed by atoms with Crippen LogP contribution in [0.2, 0.25) is 10.0 Å². The normalized spacial score (nSPS) is 12.2. The van der Waals surface area contributed by atoms with Gasteiger partial charge >= 0.3 is 0 Å². The third-order valence-corrected chi connectivity index (χ3v) is 3.49. The summed E-state index contributed by atoms with van der Waals surface area (Å²) < 4.78 is 0. The van der Waals surface area contributed by atoms with Gasteiger partial charge in [0.05, 0.1) is 10.0 Å².